The van der Waals surface area contributed by atoms with Gasteiger partial charge in [0.25, 0.3) is 0 Å². The van der Waals surface area contributed by atoms with Crippen LogP contribution in [0.25, 0.3) is 0 Å². The maximum absolute atomic E-state index is 12.1. The molecule has 1 saturated carbocycles. The van der Waals surface area contributed by atoms with Crippen LogP contribution in [0.4, 0.5) is 0 Å². The zero-order valence-electron chi connectivity index (χ0n) is 14.6. The van der Waals surface area contributed by atoms with Gasteiger partial charge in [0.05, 0.1) is 0 Å². The normalized spacial score (nSPS) is 14.9. The van der Waals surface area contributed by atoms with E-state index >= 15 is 0 Å². The predicted molar refractivity (Wildman–Crippen MR) is 98.4 cm³/mol. The van der Waals surface area contributed by atoms with E-state index in [4.69, 9.17) is 4.74 Å². The van der Waals surface area contributed by atoms with E-state index in [9.17, 15) is 4.79 Å². The number of nitrogens with one attached hydrogen (secondary N) is 1. The highest BCUT2D eigenvalue weighted by molar-refractivity contribution is 5.75. The number of carbonyl (C=O) groups excluding carboxylic acids is 1. The average molecular weight is 338 g/mol. The molecule has 0 bridgehead atoms. The van der Waals surface area contributed by atoms with Gasteiger partial charge in [0.15, 0.2) is 0 Å². The van der Waals surface area contributed by atoms with E-state index in [0.717, 1.165) is 23.7 Å². The van der Waals surface area contributed by atoms with Crippen molar-refractivity contribution in [1.82, 2.24) is 10.3 Å². The molecule has 1 fully saturated rings. The van der Waals surface area contributed by atoms with E-state index in [1.54, 1.807) is 6.20 Å². The Morgan fingerprint density at radius 2 is 2.00 bits per heavy atom. The Morgan fingerprint density at radius 3 is 2.80 bits per heavy atom. The molecule has 0 aliphatic heterocycles. The van der Waals surface area contributed by atoms with Crippen molar-refractivity contribution in [3.05, 3.63) is 54.2 Å². The molecule has 25 heavy (non-hydrogen) atoms. The van der Waals surface area contributed by atoms with Gasteiger partial charge in [0.2, 0.25) is 11.8 Å². The molecule has 4 heteroatoms. The van der Waals surface area contributed by atoms with Crippen LogP contribution < -0.4 is 10.1 Å². The third-order valence-corrected chi connectivity index (χ3v) is 4.75. The van der Waals surface area contributed by atoms with E-state index in [-0.39, 0.29) is 5.91 Å². The van der Waals surface area contributed by atoms with Crippen molar-refractivity contribution in [2.24, 2.45) is 5.92 Å². The third kappa shape index (κ3) is 5.89. The smallest absolute Gasteiger partial charge is 0.220 e. The second kappa shape index (κ2) is 9.21. The first kappa shape index (κ1) is 17.5. The fraction of sp³-hybridized carbons (Fsp3) is 0.429. The van der Waals surface area contributed by atoms with Crippen LogP contribution in [0.5, 0.6) is 11.6 Å². The van der Waals surface area contributed by atoms with Crippen molar-refractivity contribution in [3.63, 3.8) is 0 Å². The lowest BCUT2D eigenvalue weighted by molar-refractivity contribution is -0.121. The summed E-state index contributed by atoms with van der Waals surface area (Å²) < 4.78 is 5.73. The first-order chi connectivity index (χ1) is 12.3. The summed E-state index contributed by atoms with van der Waals surface area (Å²) in [7, 11) is 0. The standard InChI is InChI=1S/C21H26N2O2/c24-20(13-12-17-7-2-1-3-8-17)23-16-18-9-6-10-19(15-18)25-21-11-4-5-14-22-21/h4-6,9-11,14-15,17H,1-3,7-8,12-13,16H2,(H,23,24). The van der Waals surface area contributed by atoms with Crippen LogP contribution in [-0.2, 0) is 11.3 Å². The number of ether oxygens (including phenoxy) is 1. The molecule has 1 heterocycles. The number of carbonyl (C=O) groups is 1. The Hall–Kier alpha value is -2.36. The number of nitrogens with zero attached hydrogens (tertiary/aromatic N) is 1. The fourth-order valence-electron chi connectivity index (χ4n) is 3.35. The van der Waals surface area contributed by atoms with Gasteiger partial charge in [-0.25, -0.2) is 4.98 Å². The van der Waals surface area contributed by atoms with E-state index in [1.807, 2.05) is 42.5 Å². The van der Waals surface area contributed by atoms with Crippen molar-refractivity contribution >= 4 is 5.91 Å². The third-order valence-electron chi connectivity index (χ3n) is 4.75. The summed E-state index contributed by atoms with van der Waals surface area (Å²) in [6, 6.07) is 13.3. The van der Waals surface area contributed by atoms with E-state index in [0.29, 0.717) is 18.8 Å². The van der Waals surface area contributed by atoms with Crippen LogP contribution in [0.1, 0.15) is 50.5 Å². The van der Waals surface area contributed by atoms with E-state index < -0.39 is 0 Å². The van der Waals surface area contributed by atoms with Gasteiger partial charge in [-0.3, -0.25) is 4.79 Å². The summed E-state index contributed by atoms with van der Waals surface area (Å²) in [6.45, 7) is 0.531. The highest BCUT2D eigenvalue weighted by atomic mass is 16.5. The zero-order valence-corrected chi connectivity index (χ0v) is 14.6. The first-order valence-electron chi connectivity index (χ1n) is 9.24. The number of hydrogen-bond donors (Lipinski definition) is 1. The number of benzene rings is 1. The van der Waals surface area contributed by atoms with Gasteiger partial charge >= 0.3 is 0 Å². The molecule has 1 N–H and O–H groups in total. The van der Waals surface area contributed by atoms with Crippen LogP contribution in [0.3, 0.4) is 0 Å². The number of aromatic nitrogens is 1. The monoisotopic (exact) mass is 338 g/mol. The molecule has 132 valence electrons. The average Bonchev–Trinajstić information content (AvgIpc) is 2.67. The van der Waals surface area contributed by atoms with Gasteiger partial charge in [0, 0.05) is 25.2 Å². The predicted octanol–water partition coefficient (Wildman–Crippen LogP) is 4.85. The molecule has 1 aliphatic rings. The summed E-state index contributed by atoms with van der Waals surface area (Å²) >= 11 is 0. The van der Waals surface area contributed by atoms with Crippen molar-refractivity contribution in [3.8, 4) is 11.6 Å². The molecule has 3 rings (SSSR count). The van der Waals surface area contributed by atoms with E-state index in [2.05, 4.69) is 10.3 Å². The maximum atomic E-state index is 12.1. The SMILES string of the molecule is O=C(CCC1CCCCC1)NCc1cccc(Oc2ccccn2)c1. The van der Waals surface area contributed by atoms with Crippen LogP contribution >= 0.6 is 0 Å². The molecule has 1 aromatic heterocycles. The highest BCUT2D eigenvalue weighted by Crippen LogP contribution is 2.27. The van der Waals surface area contributed by atoms with Crippen molar-refractivity contribution in [1.29, 1.82) is 0 Å². The fourth-order valence-corrected chi connectivity index (χ4v) is 3.35. The Balaban J connectivity index is 1.44. The number of rotatable bonds is 7. The van der Waals surface area contributed by atoms with Gasteiger partial charge in [-0.2, -0.15) is 0 Å². The number of amides is 1. The quantitative estimate of drug-likeness (QED) is 0.785. The molecular formula is C21H26N2O2. The molecular weight excluding hydrogens is 312 g/mol. The molecule has 1 aliphatic carbocycles. The number of pyridine rings is 1. The molecule has 1 amide bonds. The molecule has 4 nitrogen and oxygen atoms in total. The summed E-state index contributed by atoms with van der Waals surface area (Å²) in [5, 5.41) is 3.02. The van der Waals surface area contributed by atoms with Gasteiger partial charge < -0.3 is 10.1 Å². The topological polar surface area (TPSA) is 51.2 Å². The summed E-state index contributed by atoms with van der Waals surface area (Å²) in [6.07, 6.45) is 9.96. The van der Waals surface area contributed by atoms with Gasteiger partial charge in [-0.1, -0.05) is 50.3 Å². The van der Waals surface area contributed by atoms with Gasteiger partial charge in [-0.05, 0) is 36.1 Å². The van der Waals surface area contributed by atoms with Crippen molar-refractivity contribution < 1.29 is 9.53 Å². The number of hydrogen-bond acceptors (Lipinski definition) is 3. The Morgan fingerprint density at radius 1 is 1.12 bits per heavy atom. The minimum absolute atomic E-state index is 0.140. The molecule has 0 saturated heterocycles. The molecule has 2 aromatic rings. The molecule has 0 unspecified atom stereocenters. The molecule has 0 radical (unpaired) electrons. The van der Waals surface area contributed by atoms with Gasteiger partial charge in [-0.15, -0.1) is 0 Å². The lowest BCUT2D eigenvalue weighted by Gasteiger charge is -2.21. The second-order valence-corrected chi connectivity index (χ2v) is 6.74. The zero-order chi connectivity index (χ0) is 17.3. The van der Waals surface area contributed by atoms with Gasteiger partial charge in [0.1, 0.15) is 5.75 Å². The van der Waals surface area contributed by atoms with Crippen LogP contribution in [0.2, 0.25) is 0 Å². The summed E-state index contributed by atoms with van der Waals surface area (Å²) in [5.74, 6) is 2.18. The lowest BCUT2D eigenvalue weighted by Crippen LogP contribution is -2.23. The second-order valence-electron chi connectivity index (χ2n) is 6.74. The van der Waals surface area contributed by atoms with Crippen molar-refractivity contribution in [2.75, 3.05) is 0 Å². The Kier molecular flexibility index (Phi) is 6.43. The first-order valence-corrected chi connectivity index (χ1v) is 9.24. The molecule has 0 spiro atoms. The Bertz CT molecular complexity index is 667. The lowest BCUT2D eigenvalue weighted by atomic mass is 9.86. The summed E-state index contributed by atoms with van der Waals surface area (Å²) in [4.78, 5) is 16.2. The van der Waals surface area contributed by atoms with Crippen LogP contribution in [-0.4, -0.2) is 10.9 Å². The maximum Gasteiger partial charge on any atom is 0.220 e. The minimum atomic E-state index is 0.140. The minimum Gasteiger partial charge on any atom is -0.439 e. The van der Waals surface area contributed by atoms with Crippen LogP contribution in [0.15, 0.2) is 48.7 Å². The molecule has 0 atom stereocenters. The largest absolute Gasteiger partial charge is 0.439 e. The van der Waals surface area contributed by atoms with Crippen molar-refractivity contribution in [2.45, 2.75) is 51.5 Å². The molecule has 1 aromatic carbocycles. The van der Waals surface area contributed by atoms with E-state index in [1.165, 1.54) is 32.1 Å². The Labute approximate surface area is 149 Å². The summed E-state index contributed by atoms with van der Waals surface area (Å²) in [5.41, 5.74) is 1.03. The van der Waals surface area contributed by atoms with Crippen LogP contribution in [0, 0.1) is 5.92 Å². The highest BCUT2D eigenvalue weighted by Gasteiger charge is 2.14.